The van der Waals surface area contributed by atoms with Crippen molar-refractivity contribution >= 4 is 23.4 Å². The third kappa shape index (κ3) is 2.56. The Kier molecular flexibility index (Phi) is 3.72. The molecule has 2 aromatic rings. The first-order valence-electron chi connectivity index (χ1n) is 6.83. The minimum atomic E-state index is -0.291. The molecule has 0 unspecified atom stereocenters. The molecule has 1 saturated heterocycles. The fourth-order valence-electron chi connectivity index (χ4n) is 2.48. The Morgan fingerprint density at radius 2 is 1.90 bits per heavy atom. The molecule has 1 fully saturated rings. The van der Waals surface area contributed by atoms with Gasteiger partial charge in [-0.25, -0.2) is 4.39 Å². The van der Waals surface area contributed by atoms with Crippen molar-refractivity contribution in [1.29, 1.82) is 0 Å². The van der Waals surface area contributed by atoms with Crippen LogP contribution in [0.1, 0.15) is 22.1 Å². The molecule has 0 aliphatic carbocycles. The SMILES string of the molecule is Cc1ccc(N2C(=O)CS[C@@H]2c2ccccc2F)cc1C. The lowest BCUT2D eigenvalue weighted by molar-refractivity contribution is -0.115. The zero-order chi connectivity index (χ0) is 15.0. The summed E-state index contributed by atoms with van der Waals surface area (Å²) in [5.41, 5.74) is 3.71. The lowest BCUT2D eigenvalue weighted by Crippen LogP contribution is -2.28. The summed E-state index contributed by atoms with van der Waals surface area (Å²) in [6.07, 6.45) is 0. The van der Waals surface area contributed by atoms with Crippen molar-refractivity contribution in [1.82, 2.24) is 0 Å². The number of rotatable bonds is 2. The monoisotopic (exact) mass is 301 g/mol. The molecule has 21 heavy (non-hydrogen) atoms. The predicted octanol–water partition coefficient (Wildman–Crippen LogP) is 4.22. The first-order valence-corrected chi connectivity index (χ1v) is 7.88. The van der Waals surface area contributed by atoms with E-state index in [-0.39, 0.29) is 17.1 Å². The van der Waals surface area contributed by atoms with Crippen molar-refractivity contribution in [2.45, 2.75) is 19.2 Å². The van der Waals surface area contributed by atoms with Crippen molar-refractivity contribution in [3.63, 3.8) is 0 Å². The average Bonchev–Trinajstić information content (AvgIpc) is 2.84. The van der Waals surface area contributed by atoms with E-state index in [1.54, 1.807) is 23.1 Å². The van der Waals surface area contributed by atoms with Gasteiger partial charge in [0.2, 0.25) is 5.91 Å². The number of aryl methyl sites for hydroxylation is 2. The summed E-state index contributed by atoms with van der Waals surface area (Å²) in [4.78, 5) is 14.0. The van der Waals surface area contributed by atoms with Crippen molar-refractivity contribution in [2.75, 3.05) is 10.7 Å². The van der Waals surface area contributed by atoms with E-state index < -0.39 is 0 Å². The quantitative estimate of drug-likeness (QED) is 0.827. The number of hydrogen-bond donors (Lipinski definition) is 0. The molecular weight excluding hydrogens is 285 g/mol. The molecule has 3 rings (SSSR count). The first kappa shape index (κ1) is 14.1. The Hall–Kier alpha value is -1.81. The average molecular weight is 301 g/mol. The normalized spacial score (nSPS) is 18.3. The molecule has 1 atom stereocenters. The molecule has 0 aromatic heterocycles. The van der Waals surface area contributed by atoms with E-state index in [4.69, 9.17) is 0 Å². The third-order valence-corrected chi connectivity index (χ3v) is 5.00. The number of thioether (sulfide) groups is 1. The van der Waals surface area contributed by atoms with Crippen LogP contribution in [0.4, 0.5) is 10.1 Å². The maximum absolute atomic E-state index is 14.0. The lowest BCUT2D eigenvalue weighted by atomic mass is 10.1. The number of carbonyl (C=O) groups is 1. The highest BCUT2D eigenvalue weighted by atomic mass is 32.2. The number of hydrogen-bond acceptors (Lipinski definition) is 2. The van der Waals surface area contributed by atoms with Gasteiger partial charge >= 0.3 is 0 Å². The van der Waals surface area contributed by atoms with Crippen molar-refractivity contribution in [3.05, 3.63) is 65.0 Å². The maximum atomic E-state index is 14.0. The highest BCUT2D eigenvalue weighted by molar-refractivity contribution is 8.00. The van der Waals surface area contributed by atoms with Gasteiger partial charge in [0.15, 0.2) is 0 Å². The van der Waals surface area contributed by atoms with Crippen LogP contribution < -0.4 is 4.90 Å². The molecule has 1 heterocycles. The number of nitrogens with zero attached hydrogens (tertiary/aromatic N) is 1. The Morgan fingerprint density at radius 3 is 2.62 bits per heavy atom. The molecule has 2 aromatic carbocycles. The largest absolute Gasteiger partial charge is 0.295 e. The van der Waals surface area contributed by atoms with E-state index >= 15 is 0 Å². The molecule has 4 heteroatoms. The molecule has 2 nitrogen and oxygen atoms in total. The molecule has 1 aliphatic heterocycles. The third-order valence-electron chi connectivity index (χ3n) is 3.81. The van der Waals surface area contributed by atoms with Gasteiger partial charge in [-0.15, -0.1) is 11.8 Å². The summed E-state index contributed by atoms with van der Waals surface area (Å²) < 4.78 is 14.0. The van der Waals surface area contributed by atoms with Crippen LogP contribution in [0.25, 0.3) is 0 Å². The van der Waals surface area contributed by atoms with E-state index in [9.17, 15) is 9.18 Å². The molecule has 0 radical (unpaired) electrons. The Bertz CT molecular complexity index is 701. The standard InChI is InChI=1S/C17H16FNOS/c1-11-7-8-13(9-12(11)2)19-16(20)10-21-17(19)14-5-3-4-6-15(14)18/h3-9,17H,10H2,1-2H3/t17-/m1/s1. The molecular formula is C17H16FNOS. The molecule has 0 saturated carbocycles. The number of anilines is 1. The fourth-order valence-corrected chi connectivity index (χ4v) is 3.68. The predicted molar refractivity (Wildman–Crippen MR) is 85.0 cm³/mol. The van der Waals surface area contributed by atoms with E-state index in [0.717, 1.165) is 11.3 Å². The van der Waals surface area contributed by atoms with Crippen LogP contribution in [0.2, 0.25) is 0 Å². The van der Waals surface area contributed by atoms with Gasteiger partial charge in [0.05, 0.1) is 5.75 Å². The Balaban J connectivity index is 2.04. The van der Waals surface area contributed by atoms with Crippen molar-refractivity contribution in [3.8, 4) is 0 Å². The molecule has 108 valence electrons. The summed E-state index contributed by atoms with van der Waals surface area (Å²) in [7, 11) is 0. The number of amides is 1. The van der Waals surface area contributed by atoms with E-state index in [1.165, 1.54) is 23.4 Å². The van der Waals surface area contributed by atoms with E-state index in [0.29, 0.717) is 11.3 Å². The van der Waals surface area contributed by atoms with Crippen LogP contribution in [0.5, 0.6) is 0 Å². The number of benzene rings is 2. The van der Waals surface area contributed by atoms with Gasteiger partial charge in [-0.05, 0) is 43.2 Å². The van der Waals surface area contributed by atoms with Crippen LogP contribution in [-0.4, -0.2) is 11.7 Å². The maximum Gasteiger partial charge on any atom is 0.238 e. The van der Waals surface area contributed by atoms with Crippen molar-refractivity contribution in [2.24, 2.45) is 0 Å². The number of halogens is 1. The van der Waals surface area contributed by atoms with Gasteiger partial charge < -0.3 is 0 Å². The summed E-state index contributed by atoms with van der Waals surface area (Å²) in [6.45, 7) is 4.05. The number of carbonyl (C=O) groups excluding carboxylic acids is 1. The zero-order valence-electron chi connectivity index (χ0n) is 12.0. The van der Waals surface area contributed by atoms with Gasteiger partial charge in [0, 0.05) is 11.3 Å². The van der Waals surface area contributed by atoms with Crippen LogP contribution >= 0.6 is 11.8 Å². The van der Waals surface area contributed by atoms with Gasteiger partial charge in [-0.2, -0.15) is 0 Å². The van der Waals surface area contributed by atoms with Gasteiger partial charge in [0.1, 0.15) is 11.2 Å². The highest BCUT2D eigenvalue weighted by Crippen LogP contribution is 2.42. The Labute approximate surface area is 128 Å². The molecule has 0 N–H and O–H groups in total. The second kappa shape index (κ2) is 5.53. The van der Waals surface area contributed by atoms with Crippen LogP contribution in [0.15, 0.2) is 42.5 Å². The summed E-state index contributed by atoms with van der Waals surface area (Å²) in [5, 5.41) is -0.291. The fraction of sp³-hybridized carbons (Fsp3) is 0.235. The van der Waals surface area contributed by atoms with E-state index in [2.05, 4.69) is 0 Å². The minimum absolute atomic E-state index is 0.0245. The van der Waals surface area contributed by atoms with Crippen LogP contribution in [0, 0.1) is 19.7 Å². The molecule has 0 spiro atoms. The lowest BCUT2D eigenvalue weighted by Gasteiger charge is -2.25. The van der Waals surface area contributed by atoms with E-state index in [1.807, 2.05) is 32.0 Å². The topological polar surface area (TPSA) is 20.3 Å². The zero-order valence-corrected chi connectivity index (χ0v) is 12.8. The summed E-state index contributed by atoms with van der Waals surface area (Å²) >= 11 is 1.47. The highest BCUT2D eigenvalue weighted by Gasteiger charge is 2.35. The smallest absolute Gasteiger partial charge is 0.238 e. The second-order valence-corrected chi connectivity index (χ2v) is 6.29. The van der Waals surface area contributed by atoms with Gasteiger partial charge in [-0.1, -0.05) is 24.3 Å². The van der Waals surface area contributed by atoms with Gasteiger partial charge in [0.25, 0.3) is 0 Å². The van der Waals surface area contributed by atoms with Crippen LogP contribution in [0.3, 0.4) is 0 Å². The first-order chi connectivity index (χ1) is 10.1. The Morgan fingerprint density at radius 1 is 1.14 bits per heavy atom. The summed E-state index contributed by atoms with van der Waals surface area (Å²) in [5.74, 6) is 0.140. The molecule has 1 aliphatic rings. The molecule has 1 amide bonds. The van der Waals surface area contributed by atoms with Crippen LogP contribution in [-0.2, 0) is 4.79 Å². The minimum Gasteiger partial charge on any atom is -0.295 e. The summed E-state index contributed by atoms with van der Waals surface area (Å²) in [6, 6.07) is 12.6. The van der Waals surface area contributed by atoms with Crippen molar-refractivity contribution < 1.29 is 9.18 Å². The second-order valence-electron chi connectivity index (χ2n) is 5.22. The molecule has 0 bridgehead atoms. The van der Waals surface area contributed by atoms with Gasteiger partial charge in [-0.3, -0.25) is 9.69 Å².